The molecule has 0 spiro atoms. The number of hydrogen-bond acceptors (Lipinski definition) is 4. The van der Waals surface area contributed by atoms with Crippen LogP contribution in [0.3, 0.4) is 0 Å². The molecule has 1 aromatic carbocycles. The first-order valence-corrected chi connectivity index (χ1v) is 14.9. The van der Waals surface area contributed by atoms with Gasteiger partial charge >= 0.3 is 11.4 Å². The summed E-state index contributed by atoms with van der Waals surface area (Å²) >= 11 is 14.6. The predicted molar refractivity (Wildman–Crippen MR) is 168 cm³/mol. The van der Waals surface area contributed by atoms with Crippen molar-refractivity contribution in [2.24, 2.45) is 0 Å². The van der Waals surface area contributed by atoms with E-state index in [1.165, 1.54) is 0 Å². The van der Waals surface area contributed by atoms with Gasteiger partial charge in [-0.1, -0.05) is 81.2 Å². The molecule has 4 aromatic heterocycles. The van der Waals surface area contributed by atoms with Crippen LogP contribution < -0.4 is 11.4 Å². The van der Waals surface area contributed by atoms with Gasteiger partial charge in [-0.2, -0.15) is 0 Å². The van der Waals surface area contributed by atoms with Gasteiger partial charge in [0.25, 0.3) is 0 Å². The maximum atomic E-state index is 12.4. The zero-order chi connectivity index (χ0) is 28.3. The second kappa shape index (κ2) is 12.7. The van der Waals surface area contributed by atoms with Crippen molar-refractivity contribution in [3.8, 4) is 11.1 Å². The number of fused-ring (bicyclic) bond motifs is 2. The third-order valence-corrected chi connectivity index (χ3v) is 8.99. The van der Waals surface area contributed by atoms with Gasteiger partial charge < -0.3 is 0 Å². The van der Waals surface area contributed by atoms with Crippen molar-refractivity contribution in [1.29, 1.82) is 0 Å². The Morgan fingerprint density at radius 1 is 0.769 bits per heavy atom. The number of imidazole rings is 2. The Morgan fingerprint density at radius 3 is 1.74 bits per heavy atom. The van der Waals surface area contributed by atoms with Crippen LogP contribution in [0.5, 0.6) is 0 Å². The maximum Gasteiger partial charge on any atom is 0.327 e. The molecule has 0 atom stereocenters. The Labute approximate surface area is 249 Å². The molecule has 2 N–H and O–H groups in total. The molecule has 5 rings (SSSR count). The lowest BCUT2D eigenvalue weighted by Crippen LogP contribution is -2.21. The predicted octanol–water partition coefficient (Wildman–Crippen LogP) is 7.75. The minimum absolute atomic E-state index is 0.110. The number of pyridine rings is 2. The molecule has 0 aliphatic carbocycles. The van der Waals surface area contributed by atoms with E-state index in [-0.39, 0.29) is 23.5 Å². The summed E-state index contributed by atoms with van der Waals surface area (Å²) in [5.41, 5.74) is 4.40. The first-order valence-electron chi connectivity index (χ1n) is 13.0. The summed E-state index contributed by atoms with van der Waals surface area (Å²) in [7, 11) is 0. The Bertz CT molecular complexity index is 1700. The van der Waals surface area contributed by atoms with Crippen LogP contribution in [0.1, 0.15) is 65.5 Å². The van der Waals surface area contributed by atoms with Crippen LogP contribution in [0.15, 0.2) is 52.3 Å². The number of benzene rings is 1. The van der Waals surface area contributed by atoms with Gasteiger partial charge in [0, 0.05) is 30.0 Å². The molecule has 0 saturated carbocycles. The highest BCUT2D eigenvalue weighted by Crippen LogP contribution is 2.35. The lowest BCUT2D eigenvalue weighted by Gasteiger charge is -2.16. The van der Waals surface area contributed by atoms with Crippen molar-refractivity contribution in [2.75, 3.05) is 0 Å². The van der Waals surface area contributed by atoms with Crippen molar-refractivity contribution in [2.45, 2.75) is 65.5 Å². The fourth-order valence-electron chi connectivity index (χ4n) is 4.98. The van der Waals surface area contributed by atoms with E-state index < -0.39 is 0 Å². The third kappa shape index (κ3) is 5.67. The highest BCUT2D eigenvalue weighted by atomic mass is 127. The molecule has 0 amide bonds. The molecule has 0 radical (unpaired) electrons. The van der Waals surface area contributed by atoms with Gasteiger partial charge in [0.15, 0.2) is 11.3 Å². The molecule has 11 heteroatoms. The Hall–Kier alpha value is -2.63. The summed E-state index contributed by atoms with van der Waals surface area (Å²) in [4.78, 5) is 38.5. The minimum Gasteiger partial charge on any atom is -0.290 e. The van der Waals surface area contributed by atoms with E-state index in [9.17, 15) is 9.59 Å². The Kier molecular flexibility index (Phi) is 9.56. The number of rotatable bonds is 7. The van der Waals surface area contributed by atoms with Gasteiger partial charge in [-0.3, -0.25) is 19.1 Å². The molecular formula is C28H31Cl2IN6O2. The van der Waals surface area contributed by atoms with E-state index in [4.69, 9.17) is 23.2 Å². The van der Waals surface area contributed by atoms with Crippen LogP contribution in [0.25, 0.3) is 33.5 Å². The molecular weight excluding hydrogens is 650 g/mol. The lowest BCUT2D eigenvalue weighted by molar-refractivity contribution is 0.471. The van der Waals surface area contributed by atoms with Crippen molar-refractivity contribution >= 4 is 68.1 Å². The van der Waals surface area contributed by atoms with Gasteiger partial charge in [-0.15, -0.1) is 0 Å². The minimum atomic E-state index is -0.129. The van der Waals surface area contributed by atoms with E-state index in [0.29, 0.717) is 21.3 Å². The average molecular weight is 681 g/mol. The van der Waals surface area contributed by atoms with Gasteiger partial charge in [0.05, 0.1) is 19.1 Å². The number of nitrogens with zero attached hydrogens (tertiary/aromatic N) is 4. The molecule has 0 fully saturated rings. The summed E-state index contributed by atoms with van der Waals surface area (Å²) in [5, 5.41) is 1.13. The quantitative estimate of drug-likeness (QED) is 0.172. The summed E-state index contributed by atoms with van der Waals surface area (Å²) in [6.45, 7) is 8.31. The molecule has 8 nitrogen and oxygen atoms in total. The standard InChI is InChI=1S/C17H18ClN3O.C11H13ClIN3O/c1-3-12(4-2)21-15-14(11-8-6-5-7-9-11)13(18)10-19-16(15)20-17(21)22;1-3-6(4-2)16-9-8(13)7(12)5-14-10(9)15-11(16)17/h5-10,12H,3-4H2,1-2H3,(H,19,20,22);5-6H,3-4H2,1-2H3,(H,14,15,17). The number of aromatic amines is 2. The first kappa shape index (κ1) is 29.4. The number of halogens is 3. The van der Waals surface area contributed by atoms with Gasteiger partial charge in [-0.05, 0) is 53.8 Å². The molecule has 0 aliphatic rings. The smallest absolute Gasteiger partial charge is 0.290 e. The molecule has 5 aromatic rings. The van der Waals surface area contributed by atoms with Crippen molar-refractivity contribution in [3.05, 3.63) is 77.3 Å². The molecule has 39 heavy (non-hydrogen) atoms. The zero-order valence-electron chi connectivity index (χ0n) is 22.3. The van der Waals surface area contributed by atoms with Crippen LogP contribution in [-0.4, -0.2) is 29.1 Å². The largest absolute Gasteiger partial charge is 0.327 e. The first-order chi connectivity index (χ1) is 18.8. The second-order valence-electron chi connectivity index (χ2n) is 9.20. The topological polar surface area (TPSA) is 101 Å². The van der Waals surface area contributed by atoms with Gasteiger partial charge in [-0.25, -0.2) is 19.6 Å². The van der Waals surface area contributed by atoms with E-state index in [2.05, 4.69) is 70.2 Å². The Morgan fingerprint density at radius 2 is 1.23 bits per heavy atom. The number of hydrogen-bond donors (Lipinski definition) is 2. The van der Waals surface area contributed by atoms with E-state index >= 15 is 0 Å². The molecule has 206 valence electrons. The number of nitrogens with one attached hydrogen (secondary N) is 2. The van der Waals surface area contributed by atoms with Crippen molar-refractivity contribution in [1.82, 2.24) is 29.1 Å². The number of H-pyrrole nitrogens is 2. The van der Waals surface area contributed by atoms with Crippen LogP contribution in [0.4, 0.5) is 0 Å². The van der Waals surface area contributed by atoms with Crippen molar-refractivity contribution < 1.29 is 0 Å². The Balaban J connectivity index is 0.000000187. The number of aromatic nitrogens is 6. The molecule has 0 saturated heterocycles. The zero-order valence-corrected chi connectivity index (χ0v) is 25.9. The van der Waals surface area contributed by atoms with Crippen LogP contribution in [0.2, 0.25) is 10.0 Å². The SMILES string of the molecule is CCC(CC)n1c(=O)[nH]c2ncc(Cl)c(-c3ccccc3)c21.CCC(CC)n1c(=O)[nH]c2ncc(Cl)c(I)c21. The summed E-state index contributed by atoms with van der Waals surface area (Å²) < 4.78 is 4.45. The fraction of sp³-hybridized carbons (Fsp3) is 0.357. The highest BCUT2D eigenvalue weighted by Gasteiger charge is 2.21. The molecule has 4 heterocycles. The van der Waals surface area contributed by atoms with Crippen molar-refractivity contribution in [3.63, 3.8) is 0 Å². The molecule has 0 unspecified atom stereocenters. The fourth-order valence-corrected chi connectivity index (χ4v) is 6.02. The summed E-state index contributed by atoms with van der Waals surface area (Å²) in [6, 6.07) is 10.2. The second-order valence-corrected chi connectivity index (χ2v) is 11.1. The normalized spacial score (nSPS) is 11.5. The van der Waals surface area contributed by atoms with E-state index in [1.54, 1.807) is 21.5 Å². The van der Waals surface area contributed by atoms with Gasteiger partial charge in [0.1, 0.15) is 5.52 Å². The van der Waals surface area contributed by atoms with Crippen LogP contribution in [-0.2, 0) is 0 Å². The van der Waals surface area contributed by atoms with Crippen LogP contribution in [0, 0.1) is 3.57 Å². The lowest BCUT2D eigenvalue weighted by atomic mass is 10.0. The monoisotopic (exact) mass is 680 g/mol. The summed E-state index contributed by atoms with van der Waals surface area (Å²) in [6.07, 6.45) is 6.74. The average Bonchev–Trinajstić information content (AvgIpc) is 3.45. The van der Waals surface area contributed by atoms with E-state index in [1.807, 2.05) is 30.3 Å². The molecule has 0 bridgehead atoms. The molecule has 0 aliphatic heterocycles. The maximum absolute atomic E-state index is 12.4. The van der Waals surface area contributed by atoms with E-state index in [0.717, 1.165) is 51.4 Å². The van der Waals surface area contributed by atoms with Gasteiger partial charge in [0.2, 0.25) is 0 Å². The highest BCUT2D eigenvalue weighted by molar-refractivity contribution is 14.1. The third-order valence-electron chi connectivity index (χ3n) is 7.00. The summed E-state index contributed by atoms with van der Waals surface area (Å²) in [5.74, 6) is 0. The van der Waals surface area contributed by atoms with Crippen LogP contribution >= 0.6 is 45.8 Å².